The van der Waals surface area contributed by atoms with Crippen LogP contribution in [0.5, 0.6) is 0 Å². The van der Waals surface area contributed by atoms with Gasteiger partial charge in [-0.15, -0.1) is 0 Å². The fourth-order valence-electron chi connectivity index (χ4n) is 1.50. The van der Waals surface area contributed by atoms with Crippen LogP contribution in [0, 0.1) is 6.92 Å². The first-order valence-electron chi connectivity index (χ1n) is 4.82. The zero-order valence-corrected chi connectivity index (χ0v) is 8.65. The van der Waals surface area contributed by atoms with Crippen LogP contribution in [0.1, 0.15) is 25.0 Å². The van der Waals surface area contributed by atoms with E-state index in [0.717, 1.165) is 24.3 Å². The summed E-state index contributed by atoms with van der Waals surface area (Å²) in [5.41, 5.74) is 10.5. The second kappa shape index (κ2) is 4.17. The molecule has 0 bridgehead atoms. The number of nitrogens with two attached hydrogens (primary N) is 1. The van der Waals surface area contributed by atoms with Gasteiger partial charge >= 0.3 is 0 Å². The van der Waals surface area contributed by atoms with Crippen LogP contribution in [-0.4, -0.2) is 6.54 Å². The van der Waals surface area contributed by atoms with Crippen molar-refractivity contribution >= 4 is 11.4 Å². The van der Waals surface area contributed by atoms with Crippen LogP contribution in [0.15, 0.2) is 12.1 Å². The molecule has 3 N–H and O–H groups in total. The standard InChI is InChI=1S/C11H18N2/c1-4-9-6-7-10(13-5-2)11(12)8(9)3/h6-7,13H,4-5,12H2,1-3H3. The molecule has 0 aromatic heterocycles. The van der Waals surface area contributed by atoms with Gasteiger partial charge in [-0.25, -0.2) is 0 Å². The Labute approximate surface area is 80.1 Å². The van der Waals surface area contributed by atoms with Gasteiger partial charge in [0, 0.05) is 6.54 Å². The van der Waals surface area contributed by atoms with Crippen molar-refractivity contribution in [3.63, 3.8) is 0 Å². The summed E-state index contributed by atoms with van der Waals surface area (Å²) in [4.78, 5) is 0. The molecule has 0 radical (unpaired) electrons. The number of rotatable bonds is 3. The van der Waals surface area contributed by atoms with Gasteiger partial charge in [0.25, 0.3) is 0 Å². The first kappa shape index (κ1) is 9.90. The molecule has 13 heavy (non-hydrogen) atoms. The molecule has 72 valence electrons. The highest BCUT2D eigenvalue weighted by molar-refractivity contribution is 5.71. The van der Waals surface area contributed by atoms with Gasteiger partial charge in [0.15, 0.2) is 0 Å². The summed E-state index contributed by atoms with van der Waals surface area (Å²) in [7, 11) is 0. The van der Waals surface area contributed by atoms with Gasteiger partial charge < -0.3 is 11.1 Å². The molecule has 1 aromatic carbocycles. The molecule has 0 saturated heterocycles. The lowest BCUT2D eigenvalue weighted by molar-refractivity contribution is 1.11. The van der Waals surface area contributed by atoms with E-state index in [2.05, 4.69) is 38.2 Å². The van der Waals surface area contributed by atoms with Crippen LogP contribution in [0.2, 0.25) is 0 Å². The molecule has 2 heteroatoms. The molecule has 0 aliphatic carbocycles. The molecule has 0 fully saturated rings. The van der Waals surface area contributed by atoms with Crippen LogP contribution >= 0.6 is 0 Å². The highest BCUT2D eigenvalue weighted by atomic mass is 14.9. The third-order valence-corrected chi connectivity index (χ3v) is 2.38. The minimum absolute atomic E-state index is 0.890. The van der Waals surface area contributed by atoms with Crippen molar-refractivity contribution in [1.29, 1.82) is 0 Å². The van der Waals surface area contributed by atoms with Gasteiger partial charge in [-0.2, -0.15) is 0 Å². The van der Waals surface area contributed by atoms with E-state index >= 15 is 0 Å². The molecular formula is C11H18N2. The maximum absolute atomic E-state index is 5.98. The summed E-state index contributed by atoms with van der Waals surface area (Å²) in [5.74, 6) is 0. The predicted molar refractivity (Wildman–Crippen MR) is 59.1 cm³/mol. The third-order valence-electron chi connectivity index (χ3n) is 2.38. The minimum Gasteiger partial charge on any atom is -0.397 e. The van der Waals surface area contributed by atoms with E-state index in [4.69, 9.17) is 5.73 Å². The summed E-state index contributed by atoms with van der Waals surface area (Å²) in [6, 6.07) is 4.20. The first-order valence-corrected chi connectivity index (χ1v) is 4.82. The van der Waals surface area contributed by atoms with Crippen LogP contribution < -0.4 is 11.1 Å². The van der Waals surface area contributed by atoms with E-state index in [-0.39, 0.29) is 0 Å². The summed E-state index contributed by atoms with van der Waals surface area (Å²) < 4.78 is 0. The lowest BCUT2D eigenvalue weighted by atomic mass is 10.0. The zero-order valence-electron chi connectivity index (χ0n) is 8.65. The summed E-state index contributed by atoms with van der Waals surface area (Å²) >= 11 is 0. The number of anilines is 2. The second-order valence-electron chi connectivity index (χ2n) is 3.19. The van der Waals surface area contributed by atoms with Gasteiger partial charge in [-0.3, -0.25) is 0 Å². The molecule has 0 heterocycles. The van der Waals surface area contributed by atoms with Crippen LogP contribution in [0.3, 0.4) is 0 Å². The highest BCUT2D eigenvalue weighted by Crippen LogP contribution is 2.25. The van der Waals surface area contributed by atoms with Crippen molar-refractivity contribution in [3.05, 3.63) is 23.3 Å². The molecule has 0 amide bonds. The zero-order chi connectivity index (χ0) is 9.84. The van der Waals surface area contributed by atoms with Crippen LogP contribution in [0.25, 0.3) is 0 Å². The van der Waals surface area contributed by atoms with Gasteiger partial charge in [-0.05, 0) is 37.5 Å². The average molecular weight is 178 g/mol. The van der Waals surface area contributed by atoms with E-state index < -0.39 is 0 Å². The molecule has 0 saturated carbocycles. The maximum Gasteiger partial charge on any atom is 0.0582 e. The fraction of sp³-hybridized carbons (Fsp3) is 0.455. The molecular weight excluding hydrogens is 160 g/mol. The number of aryl methyl sites for hydroxylation is 1. The number of hydrogen-bond acceptors (Lipinski definition) is 2. The normalized spacial score (nSPS) is 10.1. The number of nitrogens with one attached hydrogen (secondary N) is 1. The van der Waals surface area contributed by atoms with Gasteiger partial charge in [-0.1, -0.05) is 13.0 Å². The Morgan fingerprint density at radius 3 is 2.54 bits per heavy atom. The van der Waals surface area contributed by atoms with E-state index in [1.165, 1.54) is 11.1 Å². The lowest BCUT2D eigenvalue weighted by Crippen LogP contribution is -2.03. The molecule has 0 aliphatic rings. The Hall–Kier alpha value is -1.18. The van der Waals surface area contributed by atoms with Crippen molar-refractivity contribution in [2.75, 3.05) is 17.6 Å². The predicted octanol–water partition coefficient (Wildman–Crippen LogP) is 2.57. The SMILES string of the molecule is CCNc1ccc(CC)c(C)c1N. The summed E-state index contributed by atoms with van der Waals surface area (Å²) in [6.07, 6.45) is 1.04. The Morgan fingerprint density at radius 2 is 2.00 bits per heavy atom. The van der Waals surface area contributed by atoms with Crippen molar-refractivity contribution in [1.82, 2.24) is 0 Å². The maximum atomic E-state index is 5.98. The second-order valence-corrected chi connectivity index (χ2v) is 3.19. The smallest absolute Gasteiger partial charge is 0.0582 e. The number of hydrogen-bond donors (Lipinski definition) is 2. The molecule has 2 nitrogen and oxygen atoms in total. The van der Waals surface area contributed by atoms with Crippen LogP contribution in [-0.2, 0) is 6.42 Å². The molecule has 0 unspecified atom stereocenters. The molecule has 0 aliphatic heterocycles. The molecule has 0 spiro atoms. The van der Waals surface area contributed by atoms with Crippen molar-refractivity contribution in [2.24, 2.45) is 0 Å². The summed E-state index contributed by atoms with van der Waals surface area (Å²) in [6.45, 7) is 7.21. The molecule has 1 aromatic rings. The quantitative estimate of drug-likeness (QED) is 0.698. The average Bonchev–Trinajstić information content (AvgIpc) is 2.14. The Kier molecular flexibility index (Phi) is 3.18. The van der Waals surface area contributed by atoms with Crippen molar-refractivity contribution in [3.8, 4) is 0 Å². The Bertz CT molecular complexity index is 292. The molecule has 1 rings (SSSR count). The highest BCUT2D eigenvalue weighted by Gasteiger charge is 2.04. The first-order chi connectivity index (χ1) is 6.20. The van der Waals surface area contributed by atoms with E-state index in [1.807, 2.05) is 0 Å². The summed E-state index contributed by atoms with van der Waals surface area (Å²) in [5, 5.41) is 3.24. The van der Waals surface area contributed by atoms with Gasteiger partial charge in [0.05, 0.1) is 11.4 Å². The van der Waals surface area contributed by atoms with E-state index in [1.54, 1.807) is 0 Å². The minimum atomic E-state index is 0.890. The van der Waals surface area contributed by atoms with Crippen LogP contribution in [0.4, 0.5) is 11.4 Å². The Balaban J connectivity index is 3.07. The Morgan fingerprint density at radius 1 is 1.31 bits per heavy atom. The number of nitrogen functional groups attached to an aromatic ring is 1. The van der Waals surface area contributed by atoms with Crippen molar-refractivity contribution < 1.29 is 0 Å². The lowest BCUT2D eigenvalue weighted by Gasteiger charge is -2.12. The van der Waals surface area contributed by atoms with E-state index in [0.29, 0.717) is 0 Å². The monoisotopic (exact) mass is 178 g/mol. The fourth-order valence-corrected chi connectivity index (χ4v) is 1.50. The van der Waals surface area contributed by atoms with Gasteiger partial charge in [0.1, 0.15) is 0 Å². The third kappa shape index (κ3) is 1.94. The van der Waals surface area contributed by atoms with Crippen molar-refractivity contribution in [2.45, 2.75) is 27.2 Å². The number of benzene rings is 1. The van der Waals surface area contributed by atoms with Gasteiger partial charge in [0.2, 0.25) is 0 Å². The largest absolute Gasteiger partial charge is 0.397 e. The topological polar surface area (TPSA) is 38.0 Å². The molecule has 0 atom stereocenters. The van der Waals surface area contributed by atoms with E-state index in [9.17, 15) is 0 Å².